The highest BCUT2D eigenvalue weighted by Gasteiger charge is 2.33. The molecule has 0 fully saturated rings. The van der Waals surface area contributed by atoms with Crippen LogP contribution in [0, 0.1) is 5.92 Å². The maximum absolute atomic E-state index is 4.72. The lowest BCUT2D eigenvalue weighted by Crippen LogP contribution is -2.20. The summed E-state index contributed by atoms with van der Waals surface area (Å²) in [5, 5.41) is 3.42. The number of hydrogen-bond acceptors (Lipinski definition) is 2. The number of aromatic amines is 1. The van der Waals surface area contributed by atoms with Gasteiger partial charge in [-0.05, 0) is 25.3 Å². The van der Waals surface area contributed by atoms with Crippen molar-refractivity contribution in [3.05, 3.63) is 17.2 Å². The SMILES string of the molecule is CC(C)CNCc1nc2c([nH]1)CCC2(C)C. The molecular weight excluding hydrogens is 198 g/mol. The predicted octanol–water partition coefficient (Wildman–Crippen LogP) is 2.38. The van der Waals surface area contributed by atoms with Crippen LogP contribution in [0.25, 0.3) is 0 Å². The van der Waals surface area contributed by atoms with Crippen LogP contribution in [0.5, 0.6) is 0 Å². The van der Waals surface area contributed by atoms with Gasteiger partial charge < -0.3 is 10.3 Å². The fourth-order valence-corrected chi connectivity index (χ4v) is 2.32. The molecule has 1 heterocycles. The monoisotopic (exact) mass is 221 g/mol. The van der Waals surface area contributed by atoms with Crippen molar-refractivity contribution in [3.63, 3.8) is 0 Å². The molecule has 0 aliphatic heterocycles. The Bertz CT molecular complexity index is 363. The van der Waals surface area contributed by atoms with Crippen LogP contribution in [-0.2, 0) is 18.4 Å². The first-order chi connectivity index (χ1) is 7.49. The maximum atomic E-state index is 4.72. The number of H-pyrrole nitrogens is 1. The summed E-state index contributed by atoms with van der Waals surface area (Å²) in [6.07, 6.45) is 2.38. The number of nitrogens with zero attached hydrogens (tertiary/aromatic N) is 1. The molecule has 16 heavy (non-hydrogen) atoms. The number of fused-ring (bicyclic) bond motifs is 1. The molecule has 0 saturated heterocycles. The largest absolute Gasteiger partial charge is 0.345 e. The van der Waals surface area contributed by atoms with Crippen molar-refractivity contribution in [3.8, 4) is 0 Å². The first kappa shape index (κ1) is 11.6. The molecule has 1 aliphatic carbocycles. The molecule has 2 N–H and O–H groups in total. The molecule has 0 saturated carbocycles. The summed E-state index contributed by atoms with van der Waals surface area (Å²) < 4.78 is 0. The molecule has 0 unspecified atom stereocenters. The van der Waals surface area contributed by atoms with E-state index in [9.17, 15) is 0 Å². The van der Waals surface area contributed by atoms with Gasteiger partial charge in [-0.15, -0.1) is 0 Å². The van der Waals surface area contributed by atoms with Gasteiger partial charge in [0.2, 0.25) is 0 Å². The Morgan fingerprint density at radius 2 is 2.19 bits per heavy atom. The van der Waals surface area contributed by atoms with Crippen LogP contribution in [0.1, 0.15) is 51.3 Å². The van der Waals surface area contributed by atoms with Crippen LogP contribution in [0.2, 0.25) is 0 Å². The number of nitrogens with one attached hydrogen (secondary N) is 2. The Morgan fingerprint density at radius 3 is 2.81 bits per heavy atom. The lowest BCUT2D eigenvalue weighted by atomic mass is 9.91. The summed E-state index contributed by atoms with van der Waals surface area (Å²) in [5.74, 6) is 1.79. The van der Waals surface area contributed by atoms with Crippen molar-refractivity contribution in [2.75, 3.05) is 6.54 Å². The van der Waals surface area contributed by atoms with Crippen LogP contribution in [-0.4, -0.2) is 16.5 Å². The zero-order valence-corrected chi connectivity index (χ0v) is 10.9. The van der Waals surface area contributed by atoms with Crippen molar-refractivity contribution in [2.24, 2.45) is 5.92 Å². The van der Waals surface area contributed by atoms with E-state index >= 15 is 0 Å². The number of aromatic nitrogens is 2. The molecule has 0 amide bonds. The number of imidazole rings is 1. The molecule has 0 aromatic carbocycles. The minimum absolute atomic E-state index is 0.266. The van der Waals surface area contributed by atoms with E-state index in [4.69, 9.17) is 4.98 Å². The van der Waals surface area contributed by atoms with Crippen LogP contribution in [0.3, 0.4) is 0 Å². The first-order valence-corrected chi connectivity index (χ1v) is 6.28. The van der Waals surface area contributed by atoms with Gasteiger partial charge in [0.1, 0.15) is 5.82 Å². The molecule has 0 radical (unpaired) electrons. The van der Waals surface area contributed by atoms with Gasteiger partial charge >= 0.3 is 0 Å². The van der Waals surface area contributed by atoms with Gasteiger partial charge in [-0.25, -0.2) is 4.98 Å². The molecule has 1 aliphatic rings. The lowest BCUT2D eigenvalue weighted by Gasteiger charge is -2.15. The van der Waals surface area contributed by atoms with E-state index in [-0.39, 0.29) is 5.41 Å². The van der Waals surface area contributed by atoms with Gasteiger partial charge in [-0.2, -0.15) is 0 Å². The topological polar surface area (TPSA) is 40.7 Å². The molecule has 1 aromatic rings. The van der Waals surface area contributed by atoms with Gasteiger partial charge in [-0.1, -0.05) is 27.7 Å². The Balaban J connectivity index is 1.98. The van der Waals surface area contributed by atoms with Gasteiger partial charge in [-0.3, -0.25) is 0 Å². The summed E-state index contributed by atoms with van der Waals surface area (Å²) >= 11 is 0. The minimum Gasteiger partial charge on any atom is -0.345 e. The van der Waals surface area contributed by atoms with E-state index in [1.165, 1.54) is 17.8 Å². The molecule has 90 valence electrons. The van der Waals surface area contributed by atoms with Crippen molar-refractivity contribution in [1.82, 2.24) is 15.3 Å². The third kappa shape index (κ3) is 2.29. The second-order valence-electron chi connectivity index (χ2n) is 5.92. The van der Waals surface area contributed by atoms with Crippen LogP contribution < -0.4 is 5.32 Å². The van der Waals surface area contributed by atoms with Crippen molar-refractivity contribution in [2.45, 2.75) is 52.5 Å². The van der Waals surface area contributed by atoms with E-state index in [0.717, 1.165) is 25.3 Å². The third-order valence-electron chi connectivity index (χ3n) is 3.31. The summed E-state index contributed by atoms with van der Waals surface area (Å²) in [7, 11) is 0. The molecule has 1 aromatic heterocycles. The second-order valence-corrected chi connectivity index (χ2v) is 5.92. The minimum atomic E-state index is 0.266. The smallest absolute Gasteiger partial charge is 0.120 e. The normalized spacial score (nSPS) is 18.1. The average molecular weight is 221 g/mol. The van der Waals surface area contributed by atoms with E-state index < -0.39 is 0 Å². The molecule has 2 rings (SSSR count). The Labute approximate surface area is 98.1 Å². The molecular formula is C13H23N3. The predicted molar refractivity (Wildman–Crippen MR) is 66.5 cm³/mol. The van der Waals surface area contributed by atoms with Crippen molar-refractivity contribution in [1.29, 1.82) is 0 Å². The van der Waals surface area contributed by atoms with Gasteiger partial charge in [0, 0.05) is 11.1 Å². The standard InChI is InChI=1S/C13H23N3/c1-9(2)7-14-8-11-15-10-5-6-13(3,4)12(10)16-11/h9,14H,5-8H2,1-4H3,(H,15,16). The summed E-state index contributed by atoms with van der Waals surface area (Å²) in [6, 6.07) is 0. The second kappa shape index (κ2) is 4.21. The zero-order valence-electron chi connectivity index (χ0n) is 10.9. The molecule has 3 nitrogen and oxygen atoms in total. The van der Waals surface area contributed by atoms with Gasteiger partial charge in [0.25, 0.3) is 0 Å². The van der Waals surface area contributed by atoms with E-state index in [0.29, 0.717) is 5.92 Å². The molecule has 0 bridgehead atoms. The van der Waals surface area contributed by atoms with Crippen LogP contribution >= 0.6 is 0 Å². The lowest BCUT2D eigenvalue weighted by molar-refractivity contribution is 0.501. The first-order valence-electron chi connectivity index (χ1n) is 6.28. The van der Waals surface area contributed by atoms with Gasteiger partial charge in [0.05, 0.1) is 12.2 Å². The summed E-state index contributed by atoms with van der Waals surface area (Å²) in [6.45, 7) is 10.9. The Morgan fingerprint density at radius 1 is 1.44 bits per heavy atom. The number of hydrogen-bond donors (Lipinski definition) is 2. The highest BCUT2D eigenvalue weighted by atomic mass is 15.0. The Hall–Kier alpha value is -0.830. The van der Waals surface area contributed by atoms with E-state index in [1.807, 2.05) is 0 Å². The quantitative estimate of drug-likeness (QED) is 0.819. The van der Waals surface area contributed by atoms with Crippen LogP contribution in [0.4, 0.5) is 0 Å². The molecule has 3 heteroatoms. The molecule has 0 spiro atoms. The summed E-state index contributed by atoms with van der Waals surface area (Å²) in [4.78, 5) is 8.17. The summed E-state index contributed by atoms with van der Waals surface area (Å²) in [5.41, 5.74) is 2.91. The fourth-order valence-electron chi connectivity index (χ4n) is 2.32. The highest BCUT2D eigenvalue weighted by Crippen LogP contribution is 2.36. The van der Waals surface area contributed by atoms with Crippen molar-refractivity contribution >= 4 is 0 Å². The number of aryl methyl sites for hydroxylation is 1. The zero-order chi connectivity index (χ0) is 11.8. The van der Waals surface area contributed by atoms with Crippen LogP contribution in [0.15, 0.2) is 0 Å². The molecule has 0 atom stereocenters. The van der Waals surface area contributed by atoms with E-state index in [2.05, 4.69) is 38.0 Å². The number of rotatable bonds is 4. The Kier molecular flexibility index (Phi) is 3.06. The highest BCUT2D eigenvalue weighted by molar-refractivity contribution is 5.28. The fraction of sp³-hybridized carbons (Fsp3) is 0.769. The third-order valence-corrected chi connectivity index (χ3v) is 3.31. The van der Waals surface area contributed by atoms with E-state index in [1.54, 1.807) is 0 Å². The average Bonchev–Trinajstić information content (AvgIpc) is 2.68. The van der Waals surface area contributed by atoms with Crippen molar-refractivity contribution < 1.29 is 0 Å². The maximum Gasteiger partial charge on any atom is 0.120 e. The van der Waals surface area contributed by atoms with Gasteiger partial charge in [0.15, 0.2) is 0 Å².